The molecule has 1 amide bonds. The molecule has 5 heteroatoms. The minimum atomic E-state index is -1.00. The van der Waals surface area contributed by atoms with Gasteiger partial charge < -0.3 is 14.8 Å². The van der Waals surface area contributed by atoms with Crippen molar-refractivity contribution in [2.75, 3.05) is 0 Å². The smallest absolute Gasteiger partial charge is 0.405 e. The molecule has 4 aromatic rings. The Balaban J connectivity index is 1.65. The van der Waals surface area contributed by atoms with E-state index in [1.807, 2.05) is 66.7 Å². The average molecular weight is 408 g/mol. The highest BCUT2D eigenvalue weighted by atomic mass is 16.4. The molecule has 0 radical (unpaired) electrons. The molecule has 1 saturated carbocycles. The molecule has 1 aliphatic rings. The third-order valence-electron chi connectivity index (χ3n) is 6.15. The molecule has 0 spiro atoms. The summed E-state index contributed by atoms with van der Waals surface area (Å²) in [5.74, 6) is 0.698. The highest BCUT2D eigenvalue weighted by molar-refractivity contribution is 6.03. The van der Waals surface area contributed by atoms with Gasteiger partial charge in [0.25, 0.3) is 0 Å². The minimum absolute atomic E-state index is 0.497. The van der Waals surface area contributed by atoms with Crippen molar-refractivity contribution in [2.24, 2.45) is 0 Å². The average Bonchev–Trinajstić information content (AvgIpc) is 3.16. The summed E-state index contributed by atoms with van der Waals surface area (Å²) in [4.78, 5) is 11.3. The fraction of sp³-hybridized carbons (Fsp3) is 0.154. The van der Waals surface area contributed by atoms with Gasteiger partial charge in [-0.3, -0.25) is 0 Å². The van der Waals surface area contributed by atoms with Crippen molar-refractivity contribution >= 4 is 17.1 Å². The van der Waals surface area contributed by atoms with Crippen LogP contribution in [0.2, 0.25) is 0 Å². The van der Waals surface area contributed by atoms with E-state index in [4.69, 9.17) is 4.42 Å². The van der Waals surface area contributed by atoms with Crippen molar-refractivity contribution < 1.29 is 14.3 Å². The summed E-state index contributed by atoms with van der Waals surface area (Å²) in [5, 5.41) is 22.4. The lowest BCUT2D eigenvalue weighted by atomic mass is 9.72. The fourth-order valence-corrected chi connectivity index (χ4v) is 4.46. The van der Waals surface area contributed by atoms with E-state index in [1.165, 1.54) is 0 Å². The summed E-state index contributed by atoms with van der Waals surface area (Å²) in [6, 6.07) is 25.7. The maximum absolute atomic E-state index is 11.3. The van der Waals surface area contributed by atoms with Crippen molar-refractivity contribution in [2.45, 2.75) is 24.8 Å². The van der Waals surface area contributed by atoms with E-state index in [2.05, 4.69) is 11.4 Å². The Morgan fingerprint density at radius 2 is 1.71 bits per heavy atom. The van der Waals surface area contributed by atoms with Crippen LogP contribution in [0.1, 0.15) is 30.4 Å². The van der Waals surface area contributed by atoms with Gasteiger partial charge in [-0.1, -0.05) is 66.7 Å². The number of nitriles is 1. The normalized spacial score (nSPS) is 14.5. The predicted molar refractivity (Wildman–Crippen MR) is 118 cm³/mol. The Labute approximate surface area is 179 Å². The van der Waals surface area contributed by atoms with Crippen molar-refractivity contribution in [3.63, 3.8) is 0 Å². The van der Waals surface area contributed by atoms with Crippen LogP contribution in [0.4, 0.5) is 4.79 Å². The number of hydrogen-bond donors (Lipinski definition) is 2. The zero-order valence-electron chi connectivity index (χ0n) is 16.8. The molecule has 0 unspecified atom stereocenters. The van der Waals surface area contributed by atoms with E-state index in [9.17, 15) is 15.2 Å². The van der Waals surface area contributed by atoms with Gasteiger partial charge >= 0.3 is 6.09 Å². The standard InChI is InChI=1S/C26H20N2O3/c27-16-19-8-4-9-21-22(17-6-2-1-3-7-17)24(31-23(19)21)18-10-12-20(13-11-18)26(14-5-15-26)28-25(29)30/h1-4,6-13,28H,5,14-15H2,(H,29,30). The van der Waals surface area contributed by atoms with Crippen LogP contribution >= 0.6 is 0 Å². The van der Waals surface area contributed by atoms with Gasteiger partial charge in [0, 0.05) is 16.5 Å². The van der Waals surface area contributed by atoms with E-state index in [1.54, 1.807) is 6.07 Å². The van der Waals surface area contributed by atoms with Crippen molar-refractivity contribution in [3.05, 3.63) is 83.9 Å². The van der Waals surface area contributed by atoms with Crippen LogP contribution in [0.25, 0.3) is 33.4 Å². The number of para-hydroxylation sites is 1. The topological polar surface area (TPSA) is 86.3 Å². The van der Waals surface area contributed by atoms with E-state index >= 15 is 0 Å². The van der Waals surface area contributed by atoms with Crippen LogP contribution in [0.15, 0.2) is 77.2 Å². The highest BCUT2D eigenvalue weighted by Gasteiger charge is 2.40. The first kappa shape index (κ1) is 19.0. The zero-order chi connectivity index (χ0) is 21.4. The molecular formula is C26H20N2O3. The van der Waals surface area contributed by atoms with E-state index in [0.717, 1.165) is 46.9 Å². The number of nitrogens with one attached hydrogen (secondary N) is 1. The van der Waals surface area contributed by atoms with Crippen LogP contribution in [-0.2, 0) is 5.54 Å². The van der Waals surface area contributed by atoms with E-state index in [-0.39, 0.29) is 0 Å². The van der Waals surface area contributed by atoms with E-state index in [0.29, 0.717) is 16.9 Å². The molecule has 5 rings (SSSR count). The van der Waals surface area contributed by atoms with Gasteiger partial charge in [-0.2, -0.15) is 5.26 Å². The number of amides is 1. The molecule has 0 saturated heterocycles. The number of carboxylic acid groups (broad SMARTS) is 1. The van der Waals surface area contributed by atoms with Gasteiger partial charge in [0.1, 0.15) is 11.8 Å². The van der Waals surface area contributed by atoms with E-state index < -0.39 is 11.6 Å². The van der Waals surface area contributed by atoms with Gasteiger partial charge in [0.05, 0.1) is 11.1 Å². The Morgan fingerprint density at radius 3 is 2.32 bits per heavy atom. The predicted octanol–water partition coefficient (Wildman–Crippen LogP) is 6.29. The van der Waals surface area contributed by atoms with Gasteiger partial charge in [-0.25, -0.2) is 4.79 Å². The third kappa shape index (κ3) is 3.13. The van der Waals surface area contributed by atoms with Crippen LogP contribution in [0.3, 0.4) is 0 Å². The molecule has 31 heavy (non-hydrogen) atoms. The number of carbonyl (C=O) groups is 1. The quantitative estimate of drug-likeness (QED) is 0.416. The van der Waals surface area contributed by atoms with Crippen LogP contribution in [0.5, 0.6) is 0 Å². The molecule has 2 N–H and O–H groups in total. The second kappa shape index (κ2) is 7.33. The minimum Gasteiger partial charge on any atom is -0.465 e. The summed E-state index contributed by atoms with van der Waals surface area (Å²) in [6.45, 7) is 0. The van der Waals surface area contributed by atoms with Crippen molar-refractivity contribution in [3.8, 4) is 28.5 Å². The Morgan fingerprint density at radius 1 is 0.968 bits per heavy atom. The maximum atomic E-state index is 11.3. The number of nitrogens with zero attached hydrogens (tertiary/aromatic N) is 1. The summed E-state index contributed by atoms with van der Waals surface area (Å²) < 4.78 is 6.26. The van der Waals surface area contributed by atoms with Gasteiger partial charge in [-0.05, 0) is 36.5 Å². The van der Waals surface area contributed by atoms with Gasteiger partial charge in [0.2, 0.25) is 0 Å². The first-order chi connectivity index (χ1) is 15.1. The molecule has 0 atom stereocenters. The summed E-state index contributed by atoms with van der Waals surface area (Å²) in [5.41, 5.74) is 4.37. The van der Waals surface area contributed by atoms with Gasteiger partial charge in [-0.15, -0.1) is 0 Å². The largest absolute Gasteiger partial charge is 0.465 e. The van der Waals surface area contributed by atoms with Crippen molar-refractivity contribution in [1.29, 1.82) is 5.26 Å². The molecule has 1 heterocycles. The lowest BCUT2D eigenvalue weighted by Crippen LogP contribution is -2.50. The number of rotatable bonds is 4. The summed E-state index contributed by atoms with van der Waals surface area (Å²) >= 11 is 0. The lowest BCUT2D eigenvalue weighted by Gasteiger charge is -2.42. The second-order valence-electron chi connectivity index (χ2n) is 7.91. The molecule has 3 aromatic carbocycles. The van der Waals surface area contributed by atoms with Crippen LogP contribution in [-0.4, -0.2) is 11.2 Å². The maximum Gasteiger partial charge on any atom is 0.405 e. The number of fused-ring (bicyclic) bond motifs is 1. The molecule has 152 valence electrons. The second-order valence-corrected chi connectivity index (χ2v) is 7.91. The van der Waals surface area contributed by atoms with Crippen molar-refractivity contribution in [1.82, 2.24) is 5.32 Å². The molecule has 1 fully saturated rings. The molecule has 0 aliphatic heterocycles. The molecule has 0 bridgehead atoms. The molecular weight excluding hydrogens is 388 g/mol. The van der Waals surface area contributed by atoms with Crippen LogP contribution < -0.4 is 5.32 Å². The monoisotopic (exact) mass is 408 g/mol. The SMILES string of the molecule is N#Cc1cccc2c(-c3ccccc3)c(-c3ccc(C4(NC(=O)O)CCC4)cc3)oc12. The number of hydrogen-bond acceptors (Lipinski definition) is 3. The fourth-order valence-electron chi connectivity index (χ4n) is 4.46. The summed E-state index contributed by atoms with van der Waals surface area (Å²) in [6.07, 6.45) is 1.59. The van der Waals surface area contributed by atoms with Crippen LogP contribution in [0, 0.1) is 11.3 Å². The third-order valence-corrected chi connectivity index (χ3v) is 6.15. The highest BCUT2D eigenvalue weighted by Crippen LogP contribution is 2.44. The zero-order valence-corrected chi connectivity index (χ0v) is 16.8. The molecule has 5 nitrogen and oxygen atoms in total. The molecule has 1 aromatic heterocycles. The number of benzene rings is 3. The lowest BCUT2D eigenvalue weighted by molar-refractivity contribution is 0.144. The van der Waals surface area contributed by atoms with Gasteiger partial charge in [0.15, 0.2) is 5.58 Å². The Kier molecular flexibility index (Phi) is 4.48. The summed E-state index contributed by atoms with van der Waals surface area (Å²) in [7, 11) is 0. The Bertz CT molecular complexity index is 1310. The first-order valence-electron chi connectivity index (χ1n) is 10.2. The molecule has 1 aliphatic carbocycles. The first-order valence-corrected chi connectivity index (χ1v) is 10.2. The Hall–Kier alpha value is -4.04. The number of furan rings is 1.